The molecule has 0 spiro atoms. The van der Waals surface area contributed by atoms with E-state index < -0.39 is 0 Å². The Labute approximate surface area is 124 Å². The SMILES string of the molecule is CCCNCc1ccccc1N1CCCC(N(C)C)C1. The van der Waals surface area contributed by atoms with Gasteiger partial charge in [0.25, 0.3) is 0 Å². The summed E-state index contributed by atoms with van der Waals surface area (Å²) in [7, 11) is 4.39. The quantitative estimate of drug-likeness (QED) is 0.805. The molecule has 20 heavy (non-hydrogen) atoms. The van der Waals surface area contributed by atoms with Gasteiger partial charge in [-0.15, -0.1) is 0 Å². The second kappa shape index (κ2) is 7.65. The first-order valence-corrected chi connectivity index (χ1v) is 7.92. The maximum atomic E-state index is 3.53. The highest BCUT2D eigenvalue weighted by Crippen LogP contribution is 2.25. The molecular formula is C17H29N3. The van der Waals surface area contributed by atoms with Crippen molar-refractivity contribution < 1.29 is 0 Å². The van der Waals surface area contributed by atoms with E-state index in [1.54, 1.807) is 0 Å². The predicted molar refractivity (Wildman–Crippen MR) is 87.4 cm³/mol. The monoisotopic (exact) mass is 275 g/mol. The van der Waals surface area contributed by atoms with E-state index in [1.807, 2.05) is 0 Å². The Hall–Kier alpha value is -1.06. The maximum Gasteiger partial charge on any atom is 0.0412 e. The largest absolute Gasteiger partial charge is 0.370 e. The molecule has 1 unspecified atom stereocenters. The molecule has 0 bridgehead atoms. The fraction of sp³-hybridized carbons (Fsp3) is 0.647. The van der Waals surface area contributed by atoms with Crippen LogP contribution in [0.5, 0.6) is 0 Å². The van der Waals surface area contributed by atoms with E-state index in [2.05, 4.69) is 60.4 Å². The molecule has 1 aliphatic rings. The third kappa shape index (κ3) is 3.97. The van der Waals surface area contributed by atoms with E-state index >= 15 is 0 Å². The van der Waals surface area contributed by atoms with Crippen LogP contribution in [0.4, 0.5) is 5.69 Å². The van der Waals surface area contributed by atoms with Gasteiger partial charge in [-0.3, -0.25) is 0 Å². The van der Waals surface area contributed by atoms with Gasteiger partial charge < -0.3 is 15.1 Å². The molecule has 2 rings (SSSR count). The minimum atomic E-state index is 0.681. The molecule has 0 aromatic heterocycles. The highest BCUT2D eigenvalue weighted by Gasteiger charge is 2.22. The molecule has 1 aromatic carbocycles. The van der Waals surface area contributed by atoms with Crippen LogP contribution in [0.2, 0.25) is 0 Å². The van der Waals surface area contributed by atoms with Gasteiger partial charge in [-0.05, 0) is 51.5 Å². The fourth-order valence-corrected chi connectivity index (χ4v) is 2.96. The molecule has 3 heteroatoms. The summed E-state index contributed by atoms with van der Waals surface area (Å²) >= 11 is 0. The Bertz CT molecular complexity index is 403. The Kier molecular flexibility index (Phi) is 5.86. The molecule has 1 heterocycles. The number of nitrogens with one attached hydrogen (secondary N) is 1. The lowest BCUT2D eigenvalue weighted by Gasteiger charge is -2.38. The van der Waals surface area contributed by atoms with Crippen LogP contribution in [-0.2, 0) is 6.54 Å². The van der Waals surface area contributed by atoms with Gasteiger partial charge in [-0.25, -0.2) is 0 Å². The van der Waals surface area contributed by atoms with E-state index in [-0.39, 0.29) is 0 Å². The van der Waals surface area contributed by atoms with Crippen LogP contribution in [0.3, 0.4) is 0 Å². The molecule has 1 atom stereocenters. The summed E-state index contributed by atoms with van der Waals surface area (Å²) in [6.07, 6.45) is 3.80. The van der Waals surface area contributed by atoms with Crippen LogP contribution >= 0.6 is 0 Å². The number of benzene rings is 1. The van der Waals surface area contributed by atoms with Crippen molar-refractivity contribution in [3.05, 3.63) is 29.8 Å². The molecule has 1 N–H and O–H groups in total. The van der Waals surface area contributed by atoms with E-state index in [1.165, 1.54) is 37.1 Å². The van der Waals surface area contributed by atoms with Crippen LogP contribution in [0.25, 0.3) is 0 Å². The summed E-state index contributed by atoms with van der Waals surface area (Å²) in [6.45, 7) is 6.62. The van der Waals surface area contributed by atoms with Gasteiger partial charge >= 0.3 is 0 Å². The molecule has 3 nitrogen and oxygen atoms in total. The van der Waals surface area contributed by atoms with Crippen molar-refractivity contribution in [2.45, 2.75) is 38.8 Å². The number of rotatable bonds is 6. The second-order valence-electron chi connectivity index (χ2n) is 6.01. The summed E-state index contributed by atoms with van der Waals surface area (Å²) in [4.78, 5) is 4.93. The number of nitrogens with zero attached hydrogens (tertiary/aromatic N) is 2. The van der Waals surface area contributed by atoms with Crippen LogP contribution in [-0.4, -0.2) is 44.7 Å². The zero-order valence-electron chi connectivity index (χ0n) is 13.2. The van der Waals surface area contributed by atoms with Crippen LogP contribution in [0, 0.1) is 0 Å². The number of anilines is 1. The molecule has 112 valence electrons. The normalized spacial score (nSPS) is 19.6. The molecule has 1 fully saturated rings. The van der Waals surface area contributed by atoms with Crippen molar-refractivity contribution in [1.82, 2.24) is 10.2 Å². The summed E-state index contributed by atoms with van der Waals surface area (Å²) in [5.74, 6) is 0. The average molecular weight is 275 g/mol. The molecule has 0 radical (unpaired) electrons. The van der Waals surface area contributed by atoms with Gasteiger partial charge in [0, 0.05) is 31.4 Å². The third-order valence-corrected chi connectivity index (χ3v) is 4.20. The minimum Gasteiger partial charge on any atom is -0.370 e. The lowest BCUT2D eigenvalue weighted by atomic mass is 10.0. The average Bonchev–Trinajstić information content (AvgIpc) is 2.48. The molecule has 0 saturated carbocycles. The van der Waals surface area contributed by atoms with E-state index in [9.17, 15) is 0 Å². The summed E-state index contributed by atoms with van der Waals surface area (Å²) in [5.41, 5.74) is 2.85. The van der Waals surface area contributed by atoms with Gasteiger partial charge in [0.15, 0.2) is 0 Å². The zero-order valence-corrected chi connectivity index (χ0v) is 13.2. The molecule has 0 amide bonds. The first-order chi connectivity index (χ1) is 9.72. The van der Waals surface area contributed by atoms with Crippen LogP contribution in [0.15, 0.2) is 24.3 Å². The molecule has 1 aliphatic heterocycles. The van der Waals surface area contributed by atoms with E-state index in [0.29, 0.717) is 6.04 Å². The van der Waals surface area contributed by atoms with Crippen molar-refractivity contribution in [3.8, 4) is 0 Å². The summed E-state index contributed by atoms with van der Waals surface area (Å²) < 4.78 is 0. The molecular weight excluding hydrogens is 246 g/mol. The topological polar surface area (TPSA) is 18.5 Å². The maximum absolute atomic E-state index is 3.53. The Morgan fingerprint density at radius 3 is 2.85 bits per heavy atom. The van der Waals surface area contributed by atoms with Crippen molar-refractivity contribution in [3.63, 3.8) is 0 Å². The zero-order chi connectivity index (χ0) is 14.4. The van der Waals surface area contributed by atoms with Gasteiger partial charge in [-0.1, -0.05) is 25.1 Å². The van der Waals surface area contributed by atoms with Crippen LogP contribution in [0.1, 0.15) is 31.7 Å². The smallest absolute Gasteiger partial charge is 0.0412 e. The minimum absolute atomic E-state index is 0.681. The lowest BCUT2D eigenvalue weighted by molar-refractivity contribution is 0.258. The Morgan fingerprint density at radius 1 is 1.30 bits per heavy atom. The Balaban J connectivity index is 2.06. The van der Waals surface area contributed by atoms with E-state index in [4.69, 9.17) is 0 Å². The van der Waals surface area contributed by atoms with Crippen molar-refractivity contribution >= 4 is 5.69 Å². The van der Waals surface area contributed by atoms with Crippen molar-refractivity contribution in [2.75, 3.05) is 38.6 Å². The van der Waals surface area contributed by atoms with Gasteiger partial charge in [0.1, 0.15) is 0 Å². The first kappa shape index (κ1) is 15.3. The standard InChI is InChI=1S/C17H29N3/c1-4-11-18-13-15-8-5-6-10-17(15)20-12-7-9-16(14-20)19(2)3/h5-6,8,10,16,18H,4,7,9,11-14H2,1-3H3. The lowest BCUT2D eigenvalue weighted by Crippen LogP contribution is -2.45. The fourth-order valence-electron chi connectivity index (χ4n) is 2.96. The number of para-hydroxylation sites is 1. The van der Waals surface area contributed by atoms with Crippen molar-refractivity contribution in [2.24, 2.45) is 0 Å². The predicted octanol–water partition coefficient (Wildman–Crippen LogP) is 2.72. The van der Waals surface area contributed by atoms with E-state index in [0.717, 1.165) is 19.6 Å². The molecule has 1 aromatic rings. The first-order valence-electron chi connectivity index (χ1n) is 7.92. The van der Waals surface area contributed by atoms with Crippen LogP contribution < -0.4 is 10.2 Å². The number of piperidine rings is 1. The van der Waals surface area contributed by atoms with Gasteiger partial charge in [0.2, 0.25) is 0 Å². The summed E-state index contributed by atoms with van der Waals surface area (Å²) in [5, 5.41) is 3.53. The van der Waals surface area contributed by atoms with Gasteiger partial charge in [-0.2, -0.15) is 0 Å². The third-order valence-electron chi connectivity index (χ3n) is 4.20. The van der Waals surface area contributed by atoms with Gasteiger partial charge in [0.05, 0.1) is 0 Å². The highest BCUT2D eigenvalue weighted by atomic mass is 15.2. The second-order valence-corrected chi connectivity index (χ2v) is 6.01. The Morgan fingerprint density at radius 2 is 2.10 bits per heavy atom. The highest BCUT2D eigenvalue weighted by molar-refractivity contribution is 5.54. The molecule has 0 aliphatic carbocycles. The number of hydrogen-bond donors (Lipinski definition) is 1. The number of hydrogen-bond acceptors (Lipinski definition) is 3. The summed E-state index contributed by atoms with van der Waals surface area (Å²) in [6, 6.07) is 9.54. The van der Waals surface area contributed by atoms with Crippen molar-refractivity contribution in [1.29, 1.82) is 0 Å². The number of likely N-dealkylation sites (N-methyl/N-ethyl adjacent to an activating group) is 1. The molecule has 1 saturated heterocycles.